The fourth-order valence-electron chi connectivity index (χ4n) is 2.99. The topological polar surface area (TPSA) is 57.0 Å². The molecule has 2 rings (SSSR count). The van der Waals surface area contributed by atoms with Gasteiger partial charge in [-0.1, -0.05) is 25.7 Å². The number of hydrogen-bond donors (Lipinski definition) is 0. The zero-order valence-electron chi connectivity index (χ0n) is 11.9. The first-order chi connectivity index (χ1) is 9.24. The van der Waals surface area contributed by atoms with E-state index in [9.17, 15) is 4.79 Å². The highest BCUT2D eigenvalue weighted by Gasteiger charge is 2.45. The molecule has 1 fully saturated rings. The van der Waals surface area contributed by atoms with Crippen molar-refractivity contribution in [1.29, 1.82) is 0 Å². The molecule has 0 N–H and O–H groups in total. The number of hydrogen-bond acceptors (Lipinski definition) is 4. The Bertz CT molecular complexity index is 420. The Kier molecular flexibility index (Phi) is 4.56. The van der Waals surface area contributed by atoms with E-state index in [-0.39, 0.29) is 5.97 Å². The lowest BCUT2D eigenvalue weighted by Crippen LogP contribution is -2.40. The Labute approximate surface area is 114 Å². The van der Waals surface area contributed by atoms with Crippen molar-refractivity contribution in [3.63, 3.8) is 0 Å². The van der Waals surface area contributed by atoms with Crippen molar-refractivity contribution in [3.8, 4) is 0 Å². The van der Waals surface area contributed by atoms with E-state index in [0.29, 0.717) is 6.61 Å². The van der Waals surface area contributed by atoms with Crippen LogP contribution < -0.4 is 0 Å². The minimum Gasteiger partial charge on any atom is -0.465 e. The number of carbonyl (C=O) groups excluding carboxylic acids is 1. The van der Waals surface area contributed by atoms with Gasteiger partial charge >= 0.3 is 5.97 Å². The van der Waals surface area contributed by atoms with Crippen LogP contribution in [0.5, 0.6) is 0 Å². The third-order valence-electron chi connectivity index (χ3n) is 3.97. The van der Waals surface area contributed by atoms with E-state index in [1.165, 1.54) is 12.8 Å². The standard InChI is InChI=1S/C14H23N3O2/c1-3-17-12(15-11-16-17)14(13(18)19-4-2)9-7-5-6-8-10-14/h11H,3-10H2,1-2H3. The summed E-state index contributed by atoms with van der Waals surface area (Å²) in [6, 6.07) is 0. The summed E-state index contributed by atoms with van der Waals surface area (Å²) < 4.78 is 7.18. The lowest BCUT2D eigenvalue weighted by atomic mass is 9.79. The summed E-state index contributed by atoms with van der Waals surface area (Å²) >= 11 is 0. The quantitative estimate of drug-likeness (QED) is 0.620. The summed E-state index contributed by atoms with van der Waals surface area (Å²) in [4.78, 5) is 16.9. The lowest BCUT2D eigenvalue weighted by molar-refractivity contribution is -0.151. The molecule has 0 spiro atoms. The Morgan fingerprint density at radius 2 is 2.00 bits per heavy atom. The largest absolute Gasteiger partial charge is 0.465 e. The molecule has 0 bridgehead atoms. The summed E-state index contributed by atoms with van der Waals surface area (Å²) in [6.45, 7) is 5.03. The minimum atomic E-state index is -0.584. The van der Waals surface area contributed by atoms with Gasteiger partial charge in [-0.15, -0.1) is 0 Å². The van der Waals surface area contributed by atoms with Gasteiger partial charge in [0.1, 0.15) is 17.6 Å². The van der Waals surface area contributed by atoms with E-state index < -0.39 is 5.41 Å². The second-order valence-corrected chi connectivity index (χ2v) is 5.12. The zero-order chi connectivity index (χ0) is 13.7. The third kappa shape index (κ3) is 2.65. The Balaban J connectivity index is 2.40. The maximum absolute atomic E-state index is 12.5. The first-order valence-electron chi connectivity index (χ1n) is 7.30. The molecule has 1 aromatic heterocycles. The van der Waals surface area contributed by atoms with Crippen LogP contribution in [-0.2, 0) is 21.5 Å². The van der Waals surface area contributed by atoms with E-state index in [1.54, 1.807) is 6.33 Å². The molecule has 0 atom stereocenters. The van der Waals surface area contributed by atoms with Gasteiger partial charge < -0.3 is 4.74 Å². The summed E-state index contributed by atoms with van der Waals surface area (Å²) in [5.74, 6) is 0.662. The molecule has 0 amide bonds. The fraction of sp³-hybridized carbons (Fsp3) is 0.786. The van der Waals surface area contributed by atoms with E-state index in [1.807, 2.05) is 18.5 Å². The van der Waals surface area contributed by atoms with Crippen molar-refractivity contribution in [3.05, 3.63) is 12.2 Å². The number of esters is 1. The lowest BCUT2D eigenvalue weighted by Gasteiger charge is -2.29. The molecule has 1 aliphatic rings. The Hall–Kier alpha value is -1.39. The molecule has 0 unspecified atom stereocenters. The highest BCUT2D eigenvalue weighted by atomic mass is 16.5. The average molecular weight is 265 g/mol. The predicted octanol–water partition coefficient (Wildman–Crippen LogP) is 2.45. The molecule has 1 heterocycles. The van der Waals surface area contributed by atoms with E-state index in [4.69, 9.17) is 4.74 Å². The van der Waals surface area contributed by atoms with Gasteiger partial charge in [0.25, 0.3) is 0 Å². The van der Waals surface area contributed by atoms with Crippen molar-refractivity contribution in [2.24, 2.45) is 0 Å². The first-order valence-corrected chi connectivity index (χ1v) is 7.30. The first kappa shape index (κ1) is 14.0. The van der Waals surface area contributed by atoms with Crippen LogP contribution in [0.2, 0.25) is 0 Å². The van der Waals surface area contributed by atoms with Crippen LogP contribution >= 0.6 is 0 Å². The number of nitrogens with zero attached hydrogens (tertiary/aromatic N) is 3. The van der Waals surface area contributed by atoms with Crippen LogP contribution in [0.3, 0.4) is 0 Å². The van der Waals surface area contributed by atoms with Gasteiger partial charge in [0.15, 0.2) is 0 Å². The third-order valence-corrected chi connectivity index (χ3v) is 3.97. The van der Waals surface area contributed by atoms with Gasteiger partial charge in [0, 0.05) is 6.54 Å². The van der Waals surface area contributed by atoms with Crippen LogP contribution in [0.1, 0.15) is 58.2 Å². The van der Waals surface area contributed by atoms with Crippen molar-refractivity contribution in [2.45, 2.75) is 64.3 Å². The van der Waals surface area contributed by atoms with E-state index in [0.717, 1.165) is 38.1 Å². The monoisotopic (exact) mass is 265 g/mol. The number of carbonyl (C=O) groups is 1. The molecular formula is C14H23N3O2. The molecule has 1 saturated carbocycles. The number of aromatic nitrogens is 3. The highest BCUT2D eigenvalue weighted by molar-refractivity contribution is 5.82. The van der Waals surface area contributed by atoms with Gasteiger partial charge in [0.2, 0.25) is 0 Å². The second-order valence-electron chi connectivity index (χ2n) is 5.12. The van der Waals surface area contributed by atoms with Gasteiger partial charge in [-0.2, -0.15) is 5.10 Å². The van der Waals surface area contributed by atoms with Gasteiger partial charge in [-0.05, 0) is 26.7 Å². The SMILES string of the molecule is CCOC(=O)C1(c2ncnn2CC)CCCCCC1. The van der Waals surface area contributed by atoms with Crippen molar-refractivity contribution in [2.75, 3.05) is 6.61 Å². The van der Waals surface area contributed by atoms with Crippen LogP contribution in [0, 0.1) is 0 Å². The summed E-state index contributed by atoms with van der Waals surface area (Å²) in [6.07, 6.45) is 7.66. The number of rotatable bonds is 4. The minimum absolute atomic E-state index is 0.125. The van der Waals surface area contributed by atoms with Crippen molar-refractivity contribution >= 4 is 5.97 Å². The van der Waals surface area contributed by atoms with Gasteiger partial charge in [-0.25, -0.2) is 9.67 Å². The normalized spacial score (nSPS) is 18.8. The van der Waals surface area contributed by atoms with Crippen LogP contribution in [0.4, 0.5) is 0 Å². The number of ether oxygens (including phenoxy) is 1. The van der Waals surface area contributed by atoms with E-state index in [2.05, 4.69) is 10.1 Å². The molecule has 0 aromatic carbocycles. The maximum atomic E-state index is 12.5. The van der Waals surface area contributed by atoms with Gasteiger partial charge in [-0.3, -0.25) is 4.79 Å². The molecule has 19 heavy (non-hydrogen) atoms. The maximum Gasteiger partial charge on any atom is 0.319 e. The van der Waals surface area contributed by atoms with Crippen LogP contribution in [0.25, 0.3) is 0 Å². The zero-order valence-corrected chi connectivity index (χ0v) is 11.9. The summed E-state index contributed by atoms with van der Waals surface area (Å²) in [5, 5.41) is 4.23. The number of aryl methyl sites for hydroxylation is 1. The Morgan fingerprint density at radius 1 is 1.32 bits per heavy atom. The molecule has 1 aliphatic carbocycles. The summed E-state index contributed by atoms with van der Waals surface area (Å²) in [7, 11) is 0. The average Bonchev–Trinajstić information content (AvgIpc) is 2.76. The fourth-order valence-corrected chi connectivity index (χ4v) is 2.99. The second kappa shape index (κ2) is 6.17. The van der Waals surface area contributed by atoms with Crippen molar-refractivity contribution < 1.29 is 9.53 Å². The molecule has 106 valence electrons. The van der Waals surface area contributed by atoms with Crippen LogP contribution in [0.15, 0.2) is 6.33 Å². The molecular weight excluding hydrogens is 242 g/mol. The molecule has 5 heteroatoms. The molecule has 1 aromatic rings. The van der Waals surface area contributed by atoms with Gasteiger partial charge in [0.05, 0.1) is 6.61 Å². The Morgan fingerprint density at radius 3 is 2.58 bits per heavy atom. The molecule has 0 aliphatic heterocycles. The van der Waals surface area contributed by atoms with Crippen LogP contribution in [-0.4, -0.2) is 27.3 Å². The summed E-state index contributed by atoms with van der Waals surface area (Å²) in [5.41, 5.74) is -0.584. The smallest absolute Gasteiger partial charge is 0.319 e. The highest BCUT2D eigenvalue weighted by Crippen LogP contribution is 2.38. The van der Waals surface area contributed by atoms with E-state index >= 15 is 0 Å². The molecule has 0 saturated heterocycles. The predicted molar refractivity (Wildman–Crippen MR) is 71.7 cm³/mol. The van der Waals surface area contributed by atoms with Crippen molar-refractivity contribution in [1.82, 2.24) is 14.8 Å². The molecule has 0 radical (unpaired) electrons. The molecule has 5 nitrogen and oxygen atoms in total.